The Morgan fingerprint density at radius 1 is 1.03 bits per heavy atom. The predicted molar refractivity (Wildman–Crippen MR) is 143 cm³/mol. The maximum absolute atomic E-state index is 12.6. The molecule has 5 aromatic rings. The molecular weight excluding hydrogens is 515 g/mol. The first-order valence-electron chi connectivity index (χ1n) is 11.5. The fraction of sp³-hybridized carbons (Fsp3) is 0.115. The van der Waals surface area contributed by atoms with Crippen LogP contribution in [0.15, 0.2) is 78.3 Å². The number of rotatable bonds is 8. The zero-order chi connectivity index (χ0) is 26.7. The first-order valence-corrected chi connectivity index (χ1v) is 12.4. The van der Waals surface area contributed by atoms with Gasteiger partial charge in [-0.2, -0.15) is 13.2 Å². The molecule has 0 aliphatic carbocycles. The minimum Gasteiger partial charge on any atom is -0.397 e. The fourth-order valence-corrected chi connectivity index (χ4v) is 4.56. The van der Waals surface area contributed by atoms with Crippen LogP contribution in [0.1, 0.15) is 16.1 Å². The standard InChI is InChI=1S/C26H22F3N7OS/c27-26(28,29)15-31-12-18-4-3-7-23-32-13-22(36(18)23)21-14-38-25(35-21)33-17-10-8-16(9-11-17)24(37)34-20-6-2-1-5-19(20)30/h1-11,13-14,31H,12,15,30H2,(H,33,35)(H,34,37). The van der Waals surface area contributed by atoms with E-state index in [1.54, 1.807) is 77.3 Å². The van der Waals surface area contributed by atoms with E-state index in [2.05, 4.69) is 25.9 Å². The maximum atomic E-state index is 12.6. The smallest absolute Gasteiger partial charge is 0.397 e. The number of pyridine rings is 1. The quantitative estimate of drug-likeness (QED) is 0.190. The summed E-state index contributed by atoms with van der Waals surface area (Å²) in [5.74, 6) is -0.279. The number of nitrogens with one attached hydrogen (secondary N) is 3. The summed E-state index contributed by atoms with van der Waals surface area (Å²) in [6.07, 6.45) is -2.65. The highest BCUT2D eigenvalue weighted by Gasteiger charge is 2.26. The van der Waals surface area contributed by atoms with Crippen molar-refractivity contribution in [2.24, 2.45) is 0 Å². The van der Waals surface area contributed by atoms with Gasteiger partial charge in [0.15, 0.2) is 5.13 Å². The number of alkyl halides is 3. The summed E-state index contributed by atoms with van der Waals surface area (Å²) in [5, 5.41) is 10.9. The van der Waals surface area contributed by atoms with Gasteiger partial charge in [-0.15, -0.1) is 11.3 Å². The van der Waals surface area contributed by atoms with Gasteiger partial charge >= 0.3 is 6.18 Å². The molecule has 12 heteroatoms. The number of carbonyl (C=O) groups is 1. The maximum Gasteiger partial charge on any atom is 0.401 e. The number of benzene rings is 2. The molecule has 38 heavy (non-hydrogen) atoms. The number of carbonyl (C=O) groups excluding carboxylic acids is 1. The minimum atomic E-state index is -4.29. The van der Waals surface area contributed by atoms with Gasteiger partial charge < -0.3 is 21.7 Å². The van der Waals surface area contributed by atoms with Gasteiger partial charge in [0.25, 0.3) is 5.91 Å². The molecule has 3 heterocycles. The monoisotopic (exact) mass is 537 g/mol. The Hall–Kier alpha value is -4.42. The Bertz CT molecular complexity index is 1580. The zero-order valence-electron chi connectivity index (χ0n) is 19.8. The number of imidazole rings is 1. The lowest BCUT2D eigenvalue weighted by atomic mass is 10.2. The van der Waals surface area contributed by atoms with Crippen LogP contribution in [0.3, 0.4) is 0 Å². The normalized spacial score (nSPS) is 11.6. The molecule has 0 atom stereocenters. The van der Waals surface area contributed by atoms with Crippen LogP contribution in [-0.2, 0) is 6.54 Å². The van der Waals surface area contributed by atoms with Crippen molar-refractivity contribution in [3.05, 3.63) is 89.6 Å². The molecule has 0 aliphatic heterocycles. The number of nitrogens with two attached hydrogens (primary N) is 1. The molecule has 0 radical (unpaired) electrons. The van der Waals surface area contributed by atoms with Crippen molar-refractivity contribution in [1.29, 1.82) is 0 Å². The number of nitrogen functional groups attached to an aromatic ring is 1. The molecule has 0 bridgehead atoms. The Labute approximate surface area is 219 Å². The number of hydrogen-bond acceptors (Lipinski definition) is 7. The Morgan fingerprint density at radius 2 is 1.82 bits per heavy atom. The second kappa shape index (κ2) is 10.5. The summed E-state index contributed by atoms with van der Waals surface area (Å²) in [6.45, 7) is -1.06. The minimum absolute atomic E-state index is 0.0201. The highest BCUT2D eigenvalue weighted by Crippen LogP contribution is 2.29. The molecule has 0 saturated carbocycles. The van der Waals surface area contributed by atoms with Gasteiger partial charge in [0.1, 0.15) is 11.3 Å². The van der Waals surface area contributed by atoms with E-state index in [-0.39, 0.29) is 12.5 Å². The van der Waals surface area contributed by atoms with Crippen molar-refractivity contribution in [1.82, 2.24) is 19.7 Å². The first-order chi connectivity index (χ1) is 18.3. The number of amides is 1. The van der Waals surface area contributed by atoms with Crippen LogP contribution in [0, 0.1) is 0 Å². The molecule has 3 aromatic heterocycles. The van der Waals surface area contributed by atoms with E-state index in [0.29, 0.717) is 44.8 Å². The summed E-state index contributed by atoms with van der Waals surface area (Å²) in [5.41, 5.74) is 10.7. The largest absolute Gasteiger partial charge is 0.401 e. The fourth-order valence-electron chi connectivity index (χ4n) is 3.84. The van der Waals surface area contributed by atoms with Gasteiger partial charge in [-0.25, -0.2) is 9.97 Å². The second-order valence-electron chi connectivity index (χ2n) is 8.35. The van der Waals surface area contributed by atoms with Crippen molar-refractivity contribution in [3.8, 4) is 11.4 Å². The van der Waals surface area contributed by atoms with Crippen molar-refractivity contribution in [2.45, 2.75) is 12.7 Å². The van der Waals surface area contributed by atoms with Gasteiger partial charge in [0, 0.05) is 28.9 Å². The van der Waals surface area contributed by atoms with Gasteiger partial charge in [-0.1, -0.05) is 18.2 Å². The van der Waals surface area contributed by atoms with Gasteiger partial charge in [-0.3, -0.25) is 9.20 Å². The van der Waals surface area contributed by atoms with Gasteiger partial charge in [0.2, 0.25) is 0 Å². The van der Waals surface area contributed by atoms with E-state index in [1.807, 2.05) is 5.38 Å². The first kappa shape index (κ1) is 25.2. The zero-order valence-corrected chi connectivity index (χ0v) is 20.6. The van der Waals surface area contributed by atoms with E-state index in [9.17, 15) is 18.0 Å². The van der Waals surface area contributed by atoms with Gasteiger partial charge in [0.05, 0.1) is 29.8 Å². The number of aromatic nitrogens is 3. The summed E-state index contributed by atoms with van der Waals surface area (Å²) in [6, 6.07) is 19.2. The molecule has 1 amide bonds. The lowest BCUT2D eigenvalue weighted by molar-refractivity contribution is -0.125. The SMILES string of the molecule is Nc1ccccc1NC(=O)c1ccc(Nc2nc(-c3cnc4cccc(CNCC(F)(F)F)n34)cs2)cc1. The highest BCUT2D eigenvalue weighted by atomic mass is 32.1. The molecule has 0 spiro atoms. The van der Waals surface area contributed by atoms with E-state index in [0.717, 1.165) is 5.69 Å². The number of nitrogens with zero attached hydrogens (tertiary/aromatic N) is 3. The molecule has 0 aliphatic rings. The summed E-state index contributed by atoms with van der Waals surface area (Å²) in [4.78, 5) is 21.6. The van der Waals surface area contributed by atoms with E-state index in [4.69, 9.17) is 5.73 Å². The van der Waals surface area contributed by atoms with Crippen LogP contribution in [0.4, 0.5) is 35.4 Å². The number of hydrogen-bond donors (Lipinski definition) is 4. The van der Waals surface area contributed by atoms with Crippen LogP contribution in [0.5, 0.6) is 0 Å². The lowest BCUT2D eigenvalue weighted by Gasteiger charge is -2.11. The third kappa shape index (κ3) is 5.76. The van der Waals surface area contributed by atoms with Crippen molar-refractivity contribution in [3.63, 3.8) is 0 Å². The van der Waals surface area contributed by atoms with Crippen LogP contribution >= 0.6 is 11.3 Å². The lowest BCUT2D eigenvalue weighted by Crippen LogP contribution is -2.28. The van der Waals surface area contributed by atoms with Crippen LogP contribution < -0.4 is 21.7 Å². The number of fused-ring (bicyclic) bond motifs is 1. The molecule has 8 nitrogen and oxygen atoms in total. The van der Waals surface area contributed by atoms with E-state index < -0.39 is 12.7 Å². The topological polar surface area (TPSA) is 109 Å². The molecule has 194 valence electrons. The van der Waals surface area contributed by atoms with E-state index in [1.165, 1.54) is 11.3 Å². The number of para-hydroxylation sites is 2. The number of anilines is 4. The third-order valence-electron chi connectivity index (χ3n) is 5.62. The summed E-state index contributed by atoms with van der Waals surface area (Å²) in [7, 11) is 0. The molecule has 0 saturated heterocycles. The predicted octanol–water partition coefficient (Wildman–Crippen LogP) is 5.69. The molecule has 5 N–H and O–H groups in total. The van der Waals surface area contributed by atoms with Crippen molar-refractivity contribution >= 4 is 45.1 Å². The Morgan fingerprint density at radius 3 is 2.58 bits per heavy atom. The molecule has 5 rings (SSSR count). The molecule has 0 unspecified atom stereocenters. The number of halogens is 3. The van der Waals surface area contributed by atoms with Crippen LogP contribution in [0.2, 0.25) is 0 Å². The van der Waals surface area contributed by atoms with Crippen molar-refractivity contribution in [2.75, 3.05) is 22.9 Å². The van der Waals surface area contributed by atoms with E-state index >= 15 is 0 Å². The second-order valence-corrected chi connectivity index (χ2v) is 9.21. The van der Waals surface area contributed by atoms with Gasteiger partial charge in [-0.05, 0) is 48.5 Å². The summed E-state index contributed by atoms with van der Waals surface area (Å²) >= 11 is 1.37. The third-order valence-corrected chi connectivity index (χ3v) is 6.37. The van der Waals surface area contributed by atoms with Crippen molar-refractivity contribution < 1.29 is 18.0 Å². The highest BCUT2D eigenvalue weighted by molar-refractivity contribution is 7.14. The molecular formula is C26H22F3N7OS. The average molecular weight is 538 g/mol. The number of thiazole rings is 1. The van der Waals surface area contributed by atoms with Crippen LogP contribution in [-0.4, -0.2) is 33.0 Å². The average Bonchev–Trinajstić information content (AvgIpc) is 3.52. The summed E-state index contributed by atoms with van der Waals surface area (Å²) < 4.78 is 39.5. The molecule has 0 fully saturated rings. The Kier molecular flexibility index (Phi) is 6.99. The Balaban J connectivity index is 1.29. The van der Waals surface area contributed by atoms with Crippen LogP contribution in [0.25, 0.3) is 17.0 Å². The molecule has 2 aromatic carbocycles.